The third kappa shape index (κ3) is 4.97. The van der Waals surface area contributed by atoms with Crippen LogP contribution in [0.3, 0.4) is 0 Å². The van der Waals surface area contributed by atoms with Crippen molar-refractivity contribution in [1.29, 1.82) is 0 Å². The molecule has 0 fully saturated rings. The van der Waals surface area contributed by atoms with Gasteiger partial charge in [-0.1, -0.05) is 63.0 Å². The molecule has 0 aliphatic rings. The number of nitrogens with two attached hydrogens (primary N) is 1. The maximum atomic E-state index is 13.4. The summed E-state index contributed by atoms with van der Waals surface area (Å²) in [6.07, 6.45) is 0. The highest BCUT2D eigenvalue weighted by atomic mass is 79.9. The summed E-state index contributed by atoms with van der Waals surface area (Å²) in [5.74, 6) is -0.778. The standard InChI is InChI=1S/C14H10BrCl2FN2O2S/c15-8-3-1-2-7(4-8)6-23-9(21)5-22-14-11(17)12(19)10(16)13(18)20-14/h1-4H,5-6H2,(H2,19,20). The van der Waals surface area contributed by atoms with Gasteiger partial charge in [0.2, 0.25) is 16.9 Å². The molecule has 1 aromatic carbocycles. The molecule has 0 atom stereocenters. The second-order valence-electron chi connectivity index (χ2n) is 4.33. The van der Waals surface area contributed by atoms with Gasteiger partial charge in [0.15, 0.2) is 6.61 Å². The van der Waals surface area contributed by atoms with Crippen molar-refractivity contribution in [2.75, 3.05) is 12.3 Å². The van der Waals surface area contributed by atoms with Crippen molar-refractivity contribution in [2.45, 2.75) is 5.75 Å². The largest absolute Gasteiger partial charge is 0.467 e. The Morgan fingerprint density at radius 2 is 2.13 bits per heavy atom. The lowest BCUT2D eigenvalue weighted by Crippen LogP contribution is -2.10. The van der Waals surface area contributed by atoms with Crippen LogP contribution in [0, 0.1) is 5.95 Å². The zero-order valence-electron chi connectivity index (χ0n) is 11.5. The zero-order chi connectivity index (χ0) is 17.0. The van der Waals surface area contributed by atoms with Crippen molar-refractivity contribution >= 4 is 61.7 Å². The molecular formula is C14H10BrCl2FN2O2S. The molecule has 0 radical (unpaired) electrons. The topological polar surface area (TPSA) is 65.2 Å². The van der Waals surface area contributed by atoms with Crippen molar-refractivity contribution in [3.8, 4) is 5.88 Å². The first-order valence-corrected chi connectivity index (χ1v) is 8.74. The lowest BCUT2D eigenvalue weighted by Gasteiger charge is -2.09. The summed E-state index contributed by atoms with van der Waals surface area (Å²) in [6.45, 7) is -0.314. The van der Waals surface area contributed by atoms with E-state index >= 15 is 0 Å². The molecule has 2 rings (SSSR count). The quantitative estimate of drug-likeness (QED) is 0.683. The summed E-state index contributed by atoms with van der Waals surface area (Å²) in [7, 11) is 0. The van der Waals surface area contributed by atoms with Gasteiger partial charge < -0.3 is 10.5 Å². The molecule has 0 unspecified atom stereocenters. The number of anilines is 1. The molecule has 0 bridgehead atoms. The van der Waals surface area contributed by atoms with Gasteiger partial charge in [-0.2, -0.15) is 9.37 Å². The van der Waals surface area contributed by atoms with E-state index in [0.29, 0.717) is 5.75 Å². The fourth-order valence-corrected chi connectivity index (χ4v) is 3.04. The molecule has 2 N–H and O–H groups in total. The Morgan fingerprint density at radius 3 is 2.83 bits per heavy atom. The monoisotopic (exact) mass is 438 g/mol. The van der Waals surface area contributed by atoms with E-state index in [1.165, 1.54) is 0 Å². The summed E-state index contributed by atoms with van der Waals surface area (Å²) in [6, 6.07) is 7.59. The third-order valence-electron chi connectivity index (χ3n) is 2.66. The van der Waals surface area contributed by atoms with Crippen molar-refractivity contribution in [3.05, 3.63) is 50.3 Å². The van der Waals surface area contributed by atoms with E-state index in [0.717, 1.165) is 21.8 Å². The molecule has 9 heteroatoms. The van der Waals surface area contributed by atoms with Gasteiger partial charge in [-0.25, -0.2) is 0 Å². The second kappa shape index (κ2) is 8.19. The first-order chi connectivity index (χ1) is 10.9. The van der Waals surface area contributed by atoms with Gasteiger partial charge in [-0.05, 0) is 17.7 Å². The van der Waals surface area contributed by atoms with E-state index in [-0.39, 0.29) is 33.3 Å². The van der Waals surface area contributed by atoms with Crippen LogP contribution in [0.15, 0.2) is 28.7 Å². The van der Waals surface area contributed by atoms with Crippen molar-refractivity contribution < 1.29 is 13.9 Å². The van der Waals surface area contributed by atoms with Crippen LogP contribution in [0.4, 0.5) is 10.1 Å². The van der Waals surface area contributed by atoms with Gasteiger partial charge in [0.05, 0.1) is 5.69 Å². The number of rotatable bonds is 5. The average Bonchev–Trinajstić information content (AvgIpc) is 2.53. The molecule has 0 saturated heterocycles. The zero-order valence-corrected chi connectivity index (χ0v) is 15.4. The predicted molar refractivity (Wildman–Crippen MR) is 94.6 cm³/mol. The SMILES string of the molecule is Nc1c(Cl)c(F)nc(OCC(=O)SCc2cccc(Br)c2)c1Cl. The minimum absolute atomic E-state index is 0.124. The van der Waals surface area contributed by atoms with Gasteiger partial charge >= 0.3 is 0 Å². The molecule has 0 aliphatic heterocycles. The smallest absolute Gasteiger partial charge is 0.238 e. The molecular weight excluding hydrogens is 430 g/mol. The van der Waals surface area contributed by atoms with Gasteiger partial charge in [0.1, 0.15) is 10.0 Å². The average molecular weight is 440 g/mol. The lowest BCUT2D eigenvalue weighted by molar-refractivity contribution is -0.112. The molecule has 23 heavy (non-hydrogen) atoms. The summed E-state index contributed by atoms with van der Waals surface area (Å²) in [4.78, 5) is 15.3. The van der Waals surface area contributed by atoms with Crippen LogP contribution in [-0.2, 0) is 10.5 Å². The van der Waals surface area contributed by atoms with Gasteiger partial charge in [0.25, 0.3) is 0 Å². The van der Waals surface area contributed by atoms with E-state index in [1.54, 1.807) is 0 Å². The summed E-state index contributed by atoms with van der Waals surface area (Å²) < 4.78 is 19.5. The Hall–Kier alpha value is -1.02. The van der Waals surface area contributed by atoms with E-state index in [9.17, 15) is 9.18 Å². The predicted octanol–water partition coefficient (Wildman–Crippen LogP) is 4.71. The first-order valence-electron chi connectivity index (χ1n) is 6.21. The van der Waals surface area contributed by atoms with Crippen LogP contribution in [0.1, 0.15) is 5.56 Å². The number of ether oxygens (including phenoxy) is 1. The fraction of sp³-hybridized carbons (Fsp3) is 0.143. The van der Waals surface area contributed by atoms with Gasteiger partial charge in [0, 0.05) is 10.2 Å². The van der Waals surface area contributed by atoms with Gasteiger partial charge in [-0.15, -0.1) is 0 Å². The third-order valence-corrected chi connectivity index (χ3v) is 4.79. The normalized spacial score (nSPS) is 10.6. The fourth-order valence-electron chi connectivity index (χ4n) is 1.57. The number of thioether (sulfide) groups is 1. The first kappa shape index (κ1) is 18.3. The number of hydrogen-bond donors (Lipinski definition) is 1. The molecule has 0 saturated carbocycles. The van der Waals surface area contributed by atoms with Crippen molar-refractivity contribution in [2.24, 2.45) is 0 Å². The molecule has 4 nitrogen and oxygen atoms in total. The number of nitrogen functional groups attached to an aromatic ring is 1. The number of halogens is 4. The second-order valence-corrected chi connectivity index (χ2v) is 7.03. The summed E-state index contributed by atoms with van der Waals surface area (Å²) in [5, 5.41) is -0.754. The molecule has 1 aromatic heterocycles. The van der Waals surface area contributed by atoms with Crippen LogP contribution in [0.5, 0.6) is 5.88 Å². The molecule has 0 aliphatic carbocycles. The van der Waals surface area contributed by atoms with E-state index in [4.69, 9.17) is 33.7 Å². The minimum atomic E-state index is -1.00. The Labute approximate surface area is 154 Å². The summed E-state index contributed by atoms with van der Waals surface area (Å²) in [5.41, 5.74) is 6.33. The Morgan fingerprint density at radius 1 is 1.39 bits per heavy atom. The van der Waals surface area contributed by atoms with Crippen molar-refractivity contribution in [3.63, 3.8) is 0 Å². The highest BCUT2D eigenvalue weighted by molar-refractivity contribution is 9.10. The molecule has 2 aromatic rings. The van der Waals surface area contributed by atoms with Crippen LogP contribution in [0.2, 0.25) is 10.0 Å². The van der Waals surface area contributed by atoms with E-state index in [1.807, 2.05) is 24.3 Å². The number of carbonyl (C=O) groups is 1. The number of nitrogens with zero attached hydrogens (tertiary/aromatic N) is 1. The Bertz CT molecular complexity index is 749. The lowest BCUT2D eigenvalue weighted by atomic mass is 10.2. The Balaban J connectivity index is 1.92. The summed E-state index contributed by atoms with van der Waals surface area (Å²) >= 11 is 15.9. The maximum Gasteiger partial charge on any atom is 0.238 e. The minimum Gasteiger partial charge on any atom is -0.467 e. The van der Waals surface area contributed by atoms with Gasteiger partial charge in [-0.3, -0.25) is 4.79 Å². The van der Waals surface area contributed by atoms with E-state index < -0.39 is 5.95 Å². The van der Waals surface area contributed by atoms with Crippen LogP contribution in [-0.4, -0.2) is 16.7 Å². The number of benzene rings is 1. The highest BCUT2D eigenvalue weighted by Crippen LogP contribution is 2.35. The molecule has 122 valence electrons. The van der Waals surface area contributed by atoms with Crippen LogP contribution < -0.4 is 10.5 Å². The number of carbonyl (C=O) groups excluding carboxylic acids is 1. The van der Waals surface area contributed by atoms with Crippen LogP contribution >= 0.6 is 50.9 Å². The molecule has 1 heterocycles. The molecule has 0 spiro atoms. The highest BCUT2D eigenvalue weighted by Gasteiger charge is 2.17. The van der Waals surface area contributed by atoms with Crippen LogP contribution in [0.25, 0.3) is 0 Å². The van der Waals surface area contributed by atoms with Crippen molar-refractivity contribution in [1.82, 2.24) is 4.98 Å². The number of hydrogen-bond acceptors (Lipinski definition) is 5. The number of aromatic nitrogens is 1. The maximum absolute atomic E-state index is 13.4. The van der Waals surface area contributed by atoms with E-state index in [2.05, 4.69) is 20.9 Å². The number of pyridine rings is 1. The molecule has 0 amide bonds. The Kier molecular flexibility index (Phi) is 6.52.